The minimum absolute atomic E-state index is 0.125. The first-order valence-electron chi connectivity index (χ1n) is 4.15. The molecule has 0 fully saturated rings. The van der Waals surface area contributed by atoms with Crippen molar-refractivity contribution >= 4 is 0 Å². The zero-order valence-electron chi connectivity index (χ0n) is 7.72. The van der Waals surface area contributed by atoms with Gasteiger partial charge in [0.05, 0.1) is 5.69 Å². The molecule has 0 bridgehead atoms. The fraction of sp³-hybridized carbons (Fsp3) is 0.556. The molecule has 12 heavy (non-hydrogen) atoms. The van der Waals surface area contributed by atoms with Crippen molar-refractivity contribution in [1.29, 1.82) is 0 Å². The second-order valence-corrected chi connectivity index (χ2v) is 3.46. The van der Waals surface area contributed by atoms with Gasteiger partial charge < -0.3 is 0 Å². The Kier molecular flexibility index (Phi) is 2.63. The number of nitrogens with zero attached hydrogens (tertiary/aromatic N) is 1. The lowest BCUT2D eigenvalue weighted by Crippen LogP contribution is -2.11. The van der Waals surface area contributed by atoms with Crippen LogP contribution in [0.2, 0.25) is 0 Å². The van der Waals surface area contributed by atoms with E-state index in [1.807, 2.05) is 6.92 Å². The largest absolute Gasteiger partial charge is 0.268 e. The third-order valence-corrected chi connectivity index (χ3v) is 1.71. The number of hydrogen-bond acceptors (Lipinski definition) is 2. The third-order valence-electron chi connectivity index (χ3n) is 1.71. The monoisotopic (exact) mass is 166 g/mol. The van der Waals surface area contributed by atoms with Crippen LogP contribution in [-0.4, -0.2) is 10.2 Å². The topological polar surface area (TPSA) is 45.8 Å². The van der Waals surface area contributed by atoms with E-state index >= 15 is 0 Å². The first-order valence-corrected chi connectivity index (χ1v) is 4.15. The molecular formula is C9H14N2O. The predicted octanol–water partition coefficient (Wildman–Crippen LogP) is 1.28. The van der Waals surface area contributed by atoms with Gasteiger partial charge in [-0.15, -0.1) is 0 Å². The maximum Gasteiger partial charge on any atom is 0.264 e. The Morgan fingerprint density at radius 1 is 1.58 bits per heavy atom. The number of aryl methyl sites for hydroxylation is 1. The van der Waals surface area contributed by atoms with Gasteiger partial charge in [-0.1, -0.05) is 13.8 Å². The molecule has 0 atom stereocenters. The average molecular weight is 166 g/mol. The fourth-order valence-electron chi connectivity index (χ4n) is 1.12. The van der Waals surface area contributed by atoms with E-state index in [1.165, 1.54) is 0 Å². The van der Waals surface area contributed by atoms with E-state index in [-0.39, 0.29) is 5.56 Å². The molecule has 66 valence electrons. The molecule has 3 heteroatoms. The first kappa shape index (κ1) is 8.97. The van der Waals surface area contributed by atoms with Crippen LogP contribution in [0.5, 0.6) is 0 Å². The summed E-state index contributed by atoms with van der Waals surface area (Å²) in [6.45, 7) is 6.18. The SMILES string of the molecule is Cc1cc(=O)[nH]nc1CC(C)C. The van der Waals surface area contributed by atoms with Crippen LogP contribution in [0.25, 0.3) is 0 Å². The lowest BCUT2D eigenvalue weighted by atomic mass is 10.1. The number of H-pyrrole nitrogens is 1. The van der Waals surface area contributed by atoms with E-state index in [9.17, 15) is 4.79 Å². The number of nitrogens with one attached hydrogen (secondary N) is 1. The van der Waals surface area contributed by atoms with Gasteiger partial charge in [0.2, 0.25) is 0 Å². The molecule has 0 radical (unpaired) electrons. The van der Waals surface area contributed by atoms with Crippen LogP contribution >= 0.6 is 0 Å². The second-order valence-electron chi connectivity index (χ2n) is 3.46. The quantitative estimate of drug-likeness (QED) is 0.719. The molecule has 0 aliphatic heterocycles. The van der Waals surface area contributed by atoms with Crippen LogP contribution < -0.4 is 5.56 Å². The van der Waals surface area contributed by atoms with Crippen molar-refractivity contribution in [2.75, 3.05) is 0 Å². The molecule has 0 saturated carbocycles. The molecule has 1 aromatic heterocycles. The van der Waals surface area contributed by atoms with Gasteiger partial charge in [-0.2, -0.15) is 5.10 Å². The highest BCUT2D eigenvalue weighted by molar-refractivity contribution is 5.15. The summed E-state index contributed by atoms with van der Waals surface area (Å²) in [5.41, 5.74) is 1.84. The van der Waals surface area contributed by atoms with Crippen LogP contribution in [0.1, 0.15) is 25.1 Å². The maximum absolute atomic E-state index is 10.8. The standard InChI is InChI=1S/C9H14N2O/c1-6(2)4-8-7(3)5-9(12)11-10-8/h5-6H,4H2,1-3H3,(H,11,12). The van der Waals surface area contributed by atoms with Gasteiger partial charge in [-0.05, 0) is 24.8 Å². The van der Waals surface area contributed by atoms with Crippen molar-refractivity contribution in [1.82, 2.24) is 10.2 Å². The van der Waals surface area contributed by atoms with Gasteiger partial charge in [0.25, 0.3) is 5.56 Å². The molecule has 0 unspecified atom stereocenters. The zero-order chi connectivity index (χ0) is 9.14. The second kappa shape index (κ2) is 3.52. The lowest BCUT2D eigenvalue weighted by molar-refractivity contribution is 0.623. The minimum Gasteiger partial charge on any atom is -0.268 e. The van der Waals surface area contributed by atoms with Gasteiger partial charge >= 0.3 is 0 Å². The molecule has 1 N–H and O–H groups in total. The van der Waals surface area contributed by atoms with Crippen molar-refractivity contribution in [2.24, 2.45) is 5.92 Å². The van der Waals surface area contributed by atoms with E-state index in [0.717, 1.165) is 17.7 Å². The fourth-order valence-corrected chi connectivity index (χ4v) is 1.12. The van der Waals surface area contributed by atoms with Gasteiger partial charge in [-0.25, -0.2) is 5.10 Å². The van der Waals surface area contributed by atoms with Crippen molar-refractivity contribution < 1.29 is 0 Å². The summed E-state index contributed by atoms with van der Waals surface area (Å²) in [5.74, 6) is 0.571. The van der Waals surface area contributed by atoms with E-state index in [1.54, 1.807) is 6.07 Å². The number of aromatic nitrogens is 2. The molecule has 1 rings (SSSR count). The minimum atomic E-state index is -0.125. The van der Waals surface area contributed by atoms with Gasteiger partial charge in [0, 0.05) is 6.07 Å². The molecule has 0 saturated heterocycles. The van der Waals surface area contributed by atoms with E-state index < -0.39 is 0 Å². The average Bonchev–Trinajstić information content (AvgIpc) is 1.94. The zero-order valence-corrected chi connectivity index (χ0v) is 7.72. The van der Waals surface area contributed by atoms with E-state index in [2.05, 4.69) is 24.0 Å². The van der Waals surface area contributed by atoms with E-state index in [4.69, 9.17) is 0 Å². The Balaban J connectivity index is 2.94. The molecule has 0 aliphatic rings. The van der Waals surface area contributed by atoms with Crippen molar-refractivity contribution in [3.63, 3.8) is 0 Å². The molecule has 0 aliphatic carbocycles. The smallest absolute Gasteiger partial charge is 0.264 e. The summed E-state index contributed by atoms with van der Waals surface area (Å²) in [6.07, 6.45) is 0.919. The number of rotatable bonds is 2. The predicted molar refractivity (Wildman–Crippen MR) is 48.1 cm³/mol. The molecule has 0 spiro atoms. The van der Waals surface area contributed by atoms with Crippen molar-refractivity contribution in [3.05, 3.63) is 27.7 Å². The van der Waals surface area contributed by atoms with Crippen molar-refractivity contribution in [2.45, 2.75) is 27.2 Å². The third kappa shape index (κ3) is 2.19. The van der Waals surface area contributed by atoms with Crippen LogP contribution in [0, 0.1) is 12.8 Å². The van der Waals surface area contributed by atoms with Crippen LogP contribution in [0.4, 0.5) is 0 Å². The summed E-state index contributed by atoms with van der Waals surface area (Å²) >= 11 is 0. The first-order chi connectivity index (χ1) is 5.59. The summed E-state index contributed by atoms with van der Waals surface area (Å²) in [7, 11) is 0. The summed E-state index contributed by atoms with van der Waals surface area (Å²) in [6, 6.07) is 1.59. The number of aromatic amines is 1. The van der Waals surface area contributed by atoms with Gasteiger partial charge in [0.15, 0.2) is 0 Å². The summed E-state index contributed by atoms with van der Waals surface area (Å²) in [5, 5.41) is 6.42. The van der Waals surface area contributed by atoms with Gasteiger partial charge in [-0.3, -0.25) is 4.79 Å². The van der Waals surface area contributed by atoms with E-state index in [0.29, 0.717) is 5.92 Å². The Bertz CT molecular complexity index is 315. The van der Waals surface area contributed by atoms with Crippen LogP contribution in [-0.2, 0) is 6.42 Å². The molecule has 0 amide bonds. The molecule has 1 aromatic rings. The van der Waals surface area contributed by atoms with Crippen LogP contribution in [0.3, 0.4) is 0 Å². The highest BCUT2D eigenvalue weighted by Gasteiger charge is 2.02. The Morgan fingerprint density at radius 2 is 2.25 bits per heavy atom. The highest BCUT2D eigenvalue weighted by atomic mass is 16.1. The molecule has 1 heterocycles. The highest BCUT2D eigenvalue weighted by Crippen LogP contribution is 2.06. The summed E-state index contributed by atoms with van der Waals surface area (Å²) < 4.78 is 0. The summed E-state index contributed by atoms with van der Waals surface area (Å²) in [4.78, 5) is 10.8. The Labute approximate surface area is 71.8 Å². The molecular weight excluding hydrogens is 152 g/mol. The number of hydrogen-bond donors (Lipinski definition) is 1. The lowest BCUT2D eigenvalue weighted by Gasteiger charge is -2.05. The molecule has 0 aromatic carbocycles. The Morgan fingerprint density at radius 3 is 2.75 bits per heavy atom. The van der Waals surface area contributed by atoms with Crippen LogP contribution in [0.15, 0.2) is 10.9 Å². The normalized spacial score (nSPS) is 10.7. The Hall–Kier alpha value is -1.12. The van der Waals surface area contributed by atoms with Gasteiger partial charge in [0.1, 0.15) is 0 Å². The molecule has 3 nitrogen and oxygen atoms in total. The van der Waals surface area contributed by atoms with Crippen molar-refractivity contribution in [3.8, 4) is 0 Å². The maximum atomic E-state index is 10.8.